The third-order valence-corrected chi connectivity index (χ3v) is 6.68. The first-order chi connectivity index (χ1) is 15.6. The molecule has 4 aromatic rings. The number of hydrogen-bond donors (Lipinski definition) is 2. The zero-order valence-corrected chi connectivity index (χ0v) is 18.5. The molecular formula is C24H19ClN4O2S. The minimum atomic E-state index is -0.226. The largest absolute Gasteiger partial charge is 0.361 e. The number of nitrogens with one attached hydrogen (secondary N) is 2. The molecule has 0 aliphatic carbocycles. The van der Waals surface area contributed by atoms with E-state index < -0.39 is 0 Å². The lowest BCUT2D eigenvalue weighted by Crippen LogP contribution is -2.41. The summed E-state index contributed by atoms with van der Waals surface area (Å²) in [5, 5.41) is 5.36. The van der Waals surface area contributed by atoms with E-state index >= 15 is 0 Å². The summed E-state index contributed by atoms with van der Waals surface area (Å²) in [5.74, 6) is -0.434. The lowest BCUT2D eigenvalue weighted by atomic mass is 10.1. The fourth-order valence-corrected chi connectivity index (χ4v) is 5.00. The number of carbonyl (C=O) groups excluding carboxylic acids is 2. The molecule has 0 saturated heterocycles. The molecule has 0 bridgehead atoms. The number of amides is 2. The van der Waals surface area contributed by atoms with Gasteiger partial charge in [-0.05, 0) is 54.4 Å². The molecule has 1 aliphatic heterocycles. The molecule has 2 aromatic heterocycles. The first kappa shape index (κ1) is 20.6. The van der Waals surface area contributed by atoms with E-state index in [9.17, 15) is 9.59 Å². The molecule has 0 radical (unpaired) electrons. The topological polar surface area (TPSA) is 78.1 Å². The Morgan fingerprint density at radius 2 is 2.03 bits per heavy atom. The maximum atomic E-state index is 13.3. The van der Waals surface area contributed by atoms with Crippen molar-refractivity contribution in [1.82, 2.24) is 15.3 Å². The lowest BCUT2D eigenvalue weighted by molar-refractivity contribution is -0.119. The predicted molar refractivity (Wildman–Crippen MR) is 127 cm³/mol. The van der Waals surface area contributed by atoms with Gasteiger partial charge in [0, 0.05) is 39.8 Å². The van der Waals surface area contributed by atoms with Crippen LogP contribution >= 0.6 is 23.4 Å². The summed E-state index contributed by atoms with van der Waals surface area (Å²) in [6.45, 7) is 0.373. The first-order valence-electron chi connectivity index (χ1n) is 10.2. The fourth-order valence-electron chi connectivity index (χ4n) is 3.81. The second-order valence-corrected chi connectivity index (χ2v) is 8.89. The van der Waals surface area contributed by atoms with Crippen LogP contribution in [0.4, 0.5) is 5.69 Å². The molecule has 0 unspecified atom stereocenters. The van der Waals surface area contributed by atoms with Crippen LogP contribution < -0.4 is 10.2 Å². The van der Waals surface area contributed by atoms with Crippen molar-refractivity contribution in [1.29, 1.82) is 0 Å². The number of aromatic nitrogens is 2. The normalized spacial score (nSPS) is 12.9. The van der Waals surface area contributed by atoms with Crippen molar-refractivity contribution in [3.05, 3.63) is 83.1 Å². The molecule has 3 heterocycles. The smallest absolute Gasteiger partial charge is 0.259 e. The summed E-state index contributed by atoms with van der Waals surface area (Å²) in [5.41, 5.74) is 3.29. The Morgan fingerprint density at radius 3 is 2.94 bits per heavy atom. The minimum absolute atomic E-state index is 0.0772. The number of hydrogen-bond acceptors (Lipinski definition) is 4. The molecule has 2 N–H and O–H groups in total. The highest BCUT2D eigenvalue weighted by atomic mass is 35.5. The van der Waals surface area contributed by atoms with Crippen molar-refractivity contribution in [3.8, 4) is 0 Å². The average Bonchev–Trinajstić information content (AvgIpc) is 3.15. The number of fused-ring (bicyclic) bond motifs is 3. The number of halogens is 1. The van der Waals surface area contributed by atoms with Gasteiger partial charge in [0.25, 0.3) is 5.91 Å². The van der Waals surface area contributed by atoms with Crippen LogP contribution in [0.5, 0.6) is 0 Å². The molecule has 0 saturated carbocycles. The number of benzene rings is 2. The fraction of sp³-hybridized carbons (Fsp3) is 0.125. The van der Waals surface area contributed by atoms with E-state index in [0.29, 0.717) is 34.3 Å². The Balaban J connectivity index is 1.31. The molecule has 0 spiro atoms. The van der Waals surface area contributed by atoms with E-state index in [1.54, 1.807) is 18.3 Å². The van der Waals surface area contributed by atoms with Gasteiger partial charge in [0.2, 0.25) is 5.91 Å². The number of anilines is 1. The molecule has 8 heteroatoms. The third kappa shape index (κ3) is 3.97. The summed E-state index contributed by atoms with van der Waals surface area (Å²) < 4.78 is 0. The molecule has 2 aromatic carbocycles. The van der Waals surface area contributed by atoms with Gasteiger partial charge in [-0.15, -0.1) is 0 Å². The first-order valence-corrected chi connectivity index (χ1v) is 11.4. The molecule has 6 nitrogen and oxygen atoms in total. The number of nitrogens with zero attached hydrogens (tertiary/aromatic N) is 2. The zero-order valence-electron chi connectivity index (χ0n) is 17.0. The van der Waals surface area contributed by atoms with E-state index in [1.165, 1.54) is 16.7 Å². The van der Waals surface area contributed by atoms with Crippen molar-refractivity contribution in [2.45, 2.75) is 16.3 Å². The van der Waals surface area contributed by atoms with Crippen LogP contribution in [0.25, 0.3) is 10.9 Å². The monoisotopic (exact) mass is 462 g/mol. The Morgan fingerprint density at radius 1 is 1.16 bits per heavy atom. The minimum Gasteiger partial charge on any atom is -0.361 e. The molecule has 2 amide bonds. The lowest BCUT2D eigenvalue weighted by Gasteiger charge is -2.21. The van der Waals surface area contributed by atoms with Crippen LogP contribution in [-0.2, 0) is 11.2 Å². The van der Waals surface area contributed by atoms with Crippen molar-refractivity contribution >= 4 is 51.8 Å². The van der Waals surface area contributed by atoms with E-state index in [4.69, 9.17) is 11.6 Å². The van der Waals surface area contributed by atoms with Crippen molar-refractivity contribution in [2.24, 2.45) is 0 Å². The number of H-pyrrole nitrogens is 1. The van der Waals surface area contributed by atoms with Gasteiger partial charge in [-0.25, -0.2) is 4.98 Å². The quantitative estimate of drug-likeness (QED) is 0.451. The Bertz CT molecular complexity index is 1340. The Kier molecular flexibility index (Phi) is 5.59. The van der Waals surface area contributed by atoms with E-state index in [1.807, 2.05) is 48.7 Å². The van der Waals surface area contributed by atoms with Gasteiger partial charge in [0.05, 0.1) is 11.3 Å². The summed E-state index contributed by atoms with van der Waals surface area (Å²) >= 11 is 7.55. The number of pyridine rings is 1. The van der Waals surface area contributed by atoms with Gasteiger partial charge in [0.15, 0.2) is 0 Å². The number of aromatic amines is 1. The van der Waals surface area contributed by atoms with Gasteiger partial charge >= 0.3 is 0 Å². The molecule has 1 aliphatic rings. The summed E-state index contributed by atoms with van der Waals surface area (Å²) in [7, 11) is 0. The van der Waals surface area contributed by atoms with Crippen LogP contribution in [0.3, 0.4) is 0 Å². The maximum absolute atomic E-state index is 13.3. The highest BCUT2D eigenvalue weighted by Crippen LogP contribution is 2.39. The number of rotatable bonds is 5. The summed E-state index contributed by atoms with van der Waals surface area (Å²) in [6.07, 6.45) is 4.27. The van der Waals surface area contributed by atoms with Gasteiger partial charge in [-0.3, -0.25) is 14.5 Å². The van der Waals surface area contributed by atoms with Crippen molar-refractivity contribution in [2.75, 3.05) is 18.0 Å². The van der Waals surface area contributed by atoms with Gasteiger partial charge in [0.1, 0.15) is 11.6 Å². The average molecular weight is 463 g/mol. The summed E-state index contributed by atoms with van der Waals surface area (Å²) in [6, 6.07) is 16.7. The van der Waals surface area contributed by atoms with E-state index in [2.05, 4.69) is 15.3 Å². The molecule has 5 rings (SSSR count). The van der Waals surface area contributed by atoms with Gasteiger partial charge in [-0.1, -0.05) is 35.5 Å². The van der Waals surface area contributed by atoms with Crippen molar-refractivity contribution in [3.63, 3.8) is 0 Å². The van der Waals surface area contributed by atoms with E-state index in [0.717, 1.165) is 21.4 Å². The second-order valence-electron chi connectivity index (χ2n) is 7.42. The molecular weight excluding hydrogens is 444 g/mol. The molecule has 0 fully saturated rings. The van der Waals surface area contributed by atoms with Crippen molar-refractivity contribution < 1.29 is 9.59 Å². The second kappa shape index (κ2) is 8.68. The highest BCUT2D eigenvalue weighted by Gasteiger charge is 2.29. The molecule has 0 atom stereocenters. The highest BCUT2D eigenvalue weighted by molar-refractivity contribution is 7.99. The van der Waals surface area contributed by atoms with Crippen LogP contribution in [-0.4, -0.2) is 34.9 Å². The molecule has 160 valence electrons. The summed E-state index contributed by atoms with van der Waals surface area (Å²) in [4.78, 5) is 36.0. The van der Waals surface area contributed by atoms with Crippen LogP contribution in [0.1, 0.15) is 15.9 Å². The number of carbonyl (C=O) groups is 2. The Labute approximate surface area is 194 Å². The van der Waals surface area contributed by atoms with Crippen LogP contribution in [0.2, 0.25) is 5.02 Å². The van der Waals surface area contributed by atoms with Crippen LogP contribution in [0, 0.1) is 0 Å². The standard InChI is InChI=1S/C24H19ClN4O2S/c25-16-7-8-19-18(12-16)15(13-28-19)9-11-26-22(30)14-29-20-5-3-10-27-23(20)32-21-6-2-1-4-17(21)24(29)31/h1-8,10,12-13,28H,9,11,14H2,(H,26,30). The predicted octanol–water partition coefficient (Wildman–Crippen LogP) is 4.69. The SMILES string of the molecule is O=C(CN1C(=O)c2ccccc2Sc2ncccc21)NCCc1c[nH]c2ccc(Cl)cc12. The van der Waals surface area contributed by atoms with Gasteiger partial charge in [-0.2, -0.15) is 0 Å². The van der Waals surface area contributed by atoms with Crippen LogP contribution in [0.15, 0.2) is 76.9 Å². The molecule has 32 heavy (non-hydrogen) atoms. The van der Waals surface area contributed by atoms with Gasteiger partial charge < -0.3 is 10.3 Å². The maximum Gasteiger partial charge on any atom is 0.259 e. The third-order valence-electron chi connectivity index (χ3n) is 5.36. The Hall–Kier alpha value is -3.29. The van der Waals surface area contributed by atoms with E-state index in [-0.39, 0.29) is 18.4 Å². The zero-order chi connectivity index (χ0) is 22.1.